The molecule has 0 amide bonds. The van der Waals surface area contributed by atoms with Crippen LogP contribution in [-0.4, -0.2) is 27.5 Å². The van der Waals surface area contributed by atoms with Gasteiger partial charge in [0.1, 0.15) is 5.52 Å². The van der Waals surface area contributed by atoms with Crippen molar-refractivity contribution in [3.8, 4) is 0 Å². The van der Waals surface area contributed by atoms with Gasteiger partial charge < -0.3 is 16.8 Å². The van der Waals surface area contributed by atoms with Crippen molar-refractivity contribution in [2.24, 2.45) is 5.73 Å². The molecule has 1 atom stereocenters. The largest absolute Gasteiger partial charge is 0.368 e. The van der Waals surface area contributed by atoms with E-state index in [9.17, 15) is 0 Å². The van der Waals surface area contributed by atoms with Crippen LogP contribution >= 0.6 is 0 Å². The Balaban J connectivity index is 2.28. The molecule has 0 aliphatic rings. The molecule has 0 aromatic carbocycles. The lowest BCUT2D eigenvalue weighted by Crippen LogP contribution is -2.29. The molecule has 0 saturated carbocycles. The molecule has 0 radical (unpaired) electrons. The van der Waals surface area contributed by atoms with Gasteiger partial charge in [-0.2, -0.15) is 4.98 Å². The van der Waals surface area contributed by atoms with E-state index in [0.717, 1.165) is 30.3 Å². The maximum Gasteiger partial charge on any atom is 0.222 e. The van der Waals surface area contributed by atoms with Gasteiger partial charge in [-0.05, 0) is 18.6 Å². The molecule has 2 aromatic rings. The Morgan fingerprint density at radius 3 is 2.95 bits per heavy atom. The number of pyridine rings is 1. The van der Waals surface area contributed by atoms with Crippen molar-refractivity contribution in [2.45, 2.75) is 32.2 Å². The number of nitrogens with one attached hydrogen (secondary N) is 1. The number of nitrogen functional groups attached to an aromatic ring is 1. The second-order valence-corrected chi connectivity index (χ2v) is 4.52. The summed E-state index contributed by atoms with van der Waals surface area (Å²) in [6.07, 6.45) is 4.99. The molecule has 0 aliphatic heterocycles. The molecule has 5 N–H and O–H groups in total. The van der Waals surface area contributed by atoms with Crippen LogP contribution in [0.2, 0.25) is 0 Å². The second-order valence-electron chi connectivity index (χ2n) is 4.52. The molecule has 2 rings (SSSR count). The Bertz CT molecular complexity index is 542. The smallest absolute Gasteiger partial charge is 0.222 e. The molecule has 0 spiro atoms. The normalized spacial score (nSPS) is 12.5. The van der Waals surface area contributed by atoms with Crippen LogP contribution in [0.3, 0.4) is 0 Å². The van der Waals surface area contributed by atoms with Crippen LogP contribution in [0.1, 0.15) is 26.2 Å². The number of hydrogen-bond donors (Lipinski definition) is 3. The third-order valence-electron chi connectivity index (χ3n) is 3.00. The zero-order valence-corrected chi connectivity index (χ0v) is 11.1. The summed E-state index contributed by atoms with van der Waals surface area (Å²) >= 11 is 0. The molecule has 6 nitrogen and oxygen atoms in total. The van der Waals surface area contributed by atoms with E-state index in [0.29, 0.717) is 12.4 Å². The number of nitrogens with zero attached hydrogens (tertiary/aromatic N) is 3. The minimum absolute atomic E-state index is 0.180. The van der Waals surface area contributed by atoms with Gasteiger partial charge in [0, 0.05) is 18.8 Å². The Hall–Kier alpha value is -1.95. The molecule has 2 heterocycles. The Morgan fingerprint density at radius 1 is 1.37 bits per heavy atom. The van der Waals surface area contributed by atoms with Crippen LogP contribution < -0.4 is 16.8 Å². The van der Waals surface area contributed by atoms with Gasteiger partial charge in [-0.15, -0.1) is 0 Å². The maximum atomic E-state index is 5.79. The summed E-state index contributed by atoms with van der Waals surface area (Å²) in [5.41, 5.74) is 13.0. The summed E-state index contributed by atoms with van der Waals surface area (Å²) in [6.45, 7) is 2.71. The minimum atomic E-state index is 0.180. The summed E-state index contributed by atoms with van der Waals surface area (Å²) < 4.78 is 0. The number of rotatable bonds is 6. The van der Waals surface area contributed by atoms with Gasteiger partial charge in [0.25, 0.3) is 0 Å². The van der Waals surface area contributed by atoms with Crippen molar-refractivity contribution in [1.82, 2.24) is 15.0 Å². The van der Waals surface area contributed by atoms with Crippen molar-refractivity contribution >= 4 is 22.8 Å². The zero-order chi connectivity index (χ0) is 13.7. The fourth-order valence-corrected chi connectivity index (χ4v) is 1.98. The molecule has 0 fully saturated rings. The Morgan fingerprint density at radius 2 is 2.21 bits per heavy atom. The summed E-state index contributed by atoms with van der Waals surface area (Å²) in [7, 11) is 0. The molecule has 102 valence electrons. The highest BCUT2D eigenvalue weighted by atomic mass is 15.1. The lowest BCUT2D eigenvalue weighted by Gasteiger charge is -2.17. The molecule has 0 saturated heterocycles. The van der Waals surface area contributed by atoms with Crippen molar-refractivity contribution in [1.29, 1.82) is 0 Å². The third-order valence-corrected chi connectivity index (χ3v) is 3.00. The molecule has 0 aliphatic carbocycles. The van der Waals surface area contributed by atoms with E-state index in [1.54, 1.807) is 6.20 Å². The van der Waals surface area contributed by atoms with Crippen LogP contribution in [-0.2, 0) is 0 Å². The molecular formula is C13H20N6. The number of fused-ring (bicyclic) bond motifs is 1. The first kappa shape index (κ1) is 13.5. The van der Waals surface area contributed by atoms with Crippen LogP contribution in [0.5, 0.6) is 0 Å². The van der Waals surface area contributed by atoms with Gasteiger partial charge in [0.15, 0.2) is 5.82 Å². The van der Waals surface area contributed by atoms with E-state index in [1.807, 2.05) is 12.1 Å². The van der Waals surface area contributed by atoms with E-state index < -0.39 is 0 Å². The third kappa shape index (κ3) is 3.29. The molecule has 6 heteroatoms. The number of unbranched alkanes of at least 4 members (excludes halogenated alkanes) is 1. The first-order valence-electron chi connectivity index (χ1n) is 6.59. The number of anilines is 2. The molecule has 19 heavy (non-hydrogen) atoms. The van der Waals surface area contributed by atoms with Crippen molar-refractivity contribution in [3.05, 3.63) is 18.3 Å². The topological polar surface area (TPSA) is 103 Å². The standard InChI is InChI=1S/C13H20N6/c1-2-3-5-9(8-14)17-12-11-10(6-4-7-16-11)18-13(15)19-12/h4,6-7,9H,2-3,5,8,14H2,1H3,(H3,15,17,18,19)/t9-/m1/s1. The van der Waals surface area contributed by atoms with Crippen molar-refractivity contribution < 1.29 is 0 Å². The van der Waals surface area contributed by atoms with Crippen LogP contribution in [0.4, 0.5) is 11.8 Å². The highest BCUT2D eigenvalue weighted by Gasteiger charge is 2.11. The summed E-state index contributed by atoms with van der Waals surface area (Å²) in [4.78, 5) is 12.7. The van der Waals surface area contributed by atoms with E-state index >= 15 is 0 Å². The lowest BCUT2D eigenvalue weighted by atomic mass is 10.1. The molecule has 2 aromatic heterocycles. The van der Waals surface area contributed by atoms with Crippen LogP contribution in [0.15, 0.2) is 18.3 Å². The average Bonchev–Trinajstić information content (AvgIpc) is 2.43. The van der Waals surface area contributed by atoms with Crippen LogP contribution in [0.25, 0.3) is 11.0 Å². The van der Waals surface area contributed by atoms with Gasteiger partial charge in [-0.1, -0.05) is 19.8 Å². The highest BCUT2D eigenvalue weighted by Crippen LogP contribution is 2.19. The Kier molecular flexibility index (Phi) is 4.46. The van der Waals surface area contributed by atoms with Crippen molar-refractivity contribution in [2.75, 3.05) is 17.6 Å². The predicted molar refractivity (Wildman–Crippen MR) is 77.7 cm³/mol. The minimum Gasteiger partial charge on any atom is -0.368 e. The summed E-state index contributed by atoms with van der Waals surface area (Å²) in [6, 6.07) is 3.88. The number of nitrogens with two attached hydrogens (primary N) is 2. The predicted octanol–water partition coefficient (Wildman–Crippen LogP) is 1.54. The number of aromatic nitrogens is 3. The van der Waals surface area contributed by atoms with E-state index in [4.69, 9.17) is 11.5 Å². The van der Waals surface area contributed by atoms with E-state index in [1.165, 1.54) is 0 Å². The highest BCUT2D eigenvalue weighted by molar-refractivity contribution is 5.85. The van der Waals surface area contributed by atoms with Gasteiger partial charge >= 0.3 is 0 Å². The fourth-order valence-electron chi connectivity index (χ4n) is 1.98. The zero-order valence-electron chi connectivity index (χ0n) is 11.1. The molecule has 0 unspecified atom stereocenters. The quantitative estimate of drug-likeness (QED) is 0.728. The van der Waals surface area contributed by atoms with E-state index in [-0.39, 0.29) is 12.0 Å². The first-order chi connectivity index (χ1) is 9.24. The van der Waals surface area contributed by atoms with Gasteiger partial charge in [0.2, 0.25) is 5.95 Å². The fraction of sp³-hybridized carbons (Fsp3) is 0.462. The lowest BCUT2D eigenvalue weighted by molar-refractivity contribution is 0.613. The maximum absolute atomic E-state index is 5.79. The second kappa shape index (κ2) is 6.29. The van der Waals surface area contributed by atoms with Gasteiger partial charge in [-0.3, -0.25) is 4.98 Å². The SMILES string of the molecule is CCCC[C@H](CN)Nc1nc(N)nc2cccnc12. The van der Waals surface area contributed by atoms with E-state index in [2.05, 4.69) is 27.2 Å². The summed E-state index contributed by atoms with van der Waals surface area (Å²) in [5, 5.41) is 3.33. The first-order valence-corrected chi connectivity index (χ1v) is 6.59. The van der Waals surface area contributed by atoms with Gasteiger partial charge in [-0.25, -0.2) is 4.98 Å². The molecule has 0 bridgehead atoms. The number of hydrogen-bond acceptors (Lipinski definition) is 6. The monoisotopic (exact) mass is 260 g/mol. The summed E-state index contributed by atoms with van der Waals surface area (Å²) in [5.74, 6) is 0.906. The Labute approximate surface area is 112 Å². The van der Waals surface area contributed by atoms with Gasteiger partial charge in [0.05, 0.1) is 5.52 Å². The van der Waals surface area contributed by atoms with Crippen LogP contribution in [0, 0.1) is 0 Å². The average molecular weight is 260 g/mol. The molecular weight excluding hydrogens is 240 g/mol. The van der Waals surface area contributed by atoms with Crippen molar-refractivity contribution in [3.63, 3.8) is 0 Å².